The summed E-state index contributed by atoms with van der Waals surface area (Å²) in [5.41, 5.74) is 0.648. The first kappa shape index (κ1) is 22.7. The smallest absolute Gasteiger partial charge is 0.374 e. The van der Waals surface area contributed by atoms with Crippen LogP contribution in [0.3, 0.4) is 0 Å². The van der Waals surface area contributed by atoms with Gasteiger partial charge in [-0.1, -0.05) is 35.0 Å². The topological polar surface area (TPSA) is 104 Å². The standard InChI is InChI=1S/C21H25N3O6/c1-4-28-19(25)17(20(26)29-5-2)12-18(21(27)30-6-3)24-15-23(14-22-24)13-16-10-8-7-9-11-16/h7-12,14-15H,4-6,13H2,1-3H3/p+1. The van der Waals surface area contributed by atoms with Crippen LogP contribution in [0.15, 0.2) is 60.6 Å². The summed E-state index contributed by atoms with van der Waals surface area (Å²) < 4.78 is 18.1. The lowest BCUT2D eigenvalue weighted by Gasteiger charge is -2.08. The first-order chi connectivity index (χ1) is 14.5. The molecule has 0 atom stereocenters. The van der Waals surface area contributed by atoms with Crippen molar-refractivity contribution in [2.45, 2.75) is 27.3 Å². The predicted molar refractivity (Wildman–Crippen MR) is 107 cm³/mol. The fourth-order valence-corrected chi connectivity index (χ4v) is 2.51. The Balaban J connectivity index is 2.45. The average molecular weight is 416 g/mol. The average Bonchev–Trinajstić information content (AvgIpc) is 3.17. The quantitative estimate of drug-likeness (QED) is 0.208. The molecule has 2 rings (SSSR count). The molecular weight excluding hydrogens is 390 g/mol. The lowest BCUT2D eigenvalue weighted by Crippen LogP contribution is -2.31. The third kappa shape index (κ3) is 6.20. The molecule has 0 aliphatic carbocycles. The molecule has 1 heterocycles. The Morgan fingerprint density at radius 1 is 1.03 bits per heavy atom. The van der Waals surface area contributed by atoms with E-state index in [1.807, 2.05) is 30.3 Å². The van der Waals surface area contributed by atoms with Gasteiger partial charge in [-0.15, -0.1) is 0 Å². The second-order valence-electron chi connectivity index (χ2n) is 5.97. The highest BCUT2D eigenvalue weighted by Gasteiger charge is 2.26. The summed E-state index contributed by atoms with van der Waals surface area (Å²) in [6, 6.07) is 9.71. The lowest BCUT2D eigenvalue weighted by atomic mass is 10.2. The molecular formula is C21H26N3O6+. The second kappa shape index (κ2) is 11.4. The molecule has 2 aromatic rings. The highest BCUT2D eigenvalue weighted by atomic mass is 16.6. The highest BCUT2D eigenvalue weighted by molar-refractivity contribution is 6.12. The highest BCUT2D eigenvalue weighted by Crippen LogP contribution is 2.15. The van der Waals surface area contributed by atoms with Crippen molar-refractivity contribution >= 4 is 17.6 Å². The number of aliphatic hydroxyl groups is 1. The Morgan fingerprint density at radius 2 is 1.67 bits per heavy atom. The van der Waals surface area contributed by atoms with Gasteiger partial charge in [0.2, 0.25) is 12.0 Å². The van der Waals surface area contributed by atoms with Gasteiger partial charge in [-0.25, -0.2) is 14.2 Å². The van der Waals surface area contributed by atoms with Gasteiger partial charge in [-0.3, -0.25) is 0 Å². The van der Waals surface area contributed by atoms with Gasteiger partial charge in [-0.05, 0) is 26.3 Å². The number of hydrogen-bond donors (Lipinski definition) is 1. The zero-order valence-electron chi connectivity index (χ0n) is 17.3. The Morgan fingerprint density at radius 3 is 2.30 bits per heavy atom. The van der Waals surface area contributed by atoms with Gasteiger partial charge in [0, 0.05) is 11.2 Å². The summed E-state index contributed by atoms with van der Waals surface area (Å²) in [4.78, 5) is 24.9. The van der Waals surface area contributed by atoms with Crippen LogP contribution in [0.4, 0.5) is 0 Å². The van der Waals surface area contributed by atoms with E-state index in [1.165, 1.54) is 11.0 Å². The molecule has 0 bridgehead atoms. The molecule has 160 valence electrons. The molecule has 0 fully saturated rings. The molecule has 0 aliphatic heterocycles. The fourth-order valence-electron chi connectivity index (χ4n) is 2.51. The first-order valence-electron chi connectivity index (χ1n) is 9.60. The molecule has 1 aromatic carbocycles. The second-order valence-corrected chi connectivity index (χ2v) is 5.97. The van der Waals surface area contributed by atoms with Gasteiger partial charge in [-0.2, -0.15) is 0 Å². The molecule has 0 saturated heterocycles. The van der Waals surface area contributed by atoms with Crippen LogP contribution in [0, 0.1) is 0 Å². The van der Waals surface area contributed by atoms with Crippen LogP contribution < -0.4 is 4.57 Å². The van der Waals surface area contributed by atoms with Crippen molar-refractivity contribution in [3.63, 3.8) is 0 Å². The molecule has 30 heavy (non-hydrogen) atoms. The van der Waals surface area contributed by atoms with E-state index in [0.29, 0.717) is 6.54 Å². The number of nitrogens with zero attached hydrogens (tertiary/aromatic N) is 3. The molecule has 9 heteroatoms. The minimum Gasteiger partial charge on any atom is -0.480 e. The summed E-state index contributed by atoms with van der Waals surface area (Å²) in [7, 11) is 0. The summed E-state index contributed by atoms with van der Waals surface area (Å²) in [5.74, 6) is -2.21. The van der Waals surface area contributed by atoms with Crippen molar-refractivity contribution in [2.24, 2.45) is 0 Å². The number of ether oxygens (including phenoxy) is 3. The maximum atomic E-state index is 12.5. The summed E-state index contributed by atoms with van der Waals surface area (Å²) in [5, 5.41) is 14.3. The van der Waals surface area contributed by atoms with Gasteiger partial charge in [0.25, 0.3) is 12.3 Å². The predicted octanol–water partition coefficient (Wildman–Crippen LogP) is 1.99. The number of rotatable bonds is 10. The molecule has 0 amide bonds. The molecule has 0 spiro atoms. The number of carbonyl (C=O) groups excluding carboxylic acids is 2. The molecule has 0 radical (unpaired) electrons. The summed E-state index contributed by atoms with van der Waals surface area (Å²) in [6.07, 6.45) is 4.26. The van der Waals surface area contributed by atoms with Gasteiger partial charge in [0.1, 0.15) is 5.57 Å². The number of aromatic nitrogens is 3. The van der Waals surface area contributed by atoms with E-state index >= 15 is 0 Å². The van der Waals surface area contributed by atoms with E-state index in [-0.39, 0.29) is 31.1 Å². The zero-order chi connectivity index (χ0) is 21.9. The molecule has 1 N–H and O–H groups in total. The van der Waals surface area contributed by atoms with Crippen molar-refractivity contribution in [3.05, 3.63) is 66.1 Å². The van der Waals surface area contributed by atoms with Crippen LogP contribution in [0.5, 0.6) is 0 Å². The third-order valence-electron chi connectivity index (χ3n) is 3.81. The van der Waals surface area contributed by atoms with Crippen LogP contribution in [0.1, 0.15) is 26.3 Å². The van der Waals surface area contributed by atoms with Gasteiger partial charge in [0.15, 0.2) is 0 Å². The molecule has 0 unspecified atom stereocenters. The monoisotopic (exact) mass is 416 g/mol. The molecule has 9 nitrogen and oxygen atoms in total. The van der Waals surface area contributed by atoms with Crippen LogP contribution >= 0.6 is 0 Å². The minimum absolute atomic E-state index is 0.0852. The Hall–Kier alpha value is -3.62. The molecule has 1 aromatic heterocycles. The number of esters is 2. The largest absolute Gasteiger partial charge is 0.480 e. The van der Waals surface area contributed by atoms with Crippen LogP contribution in [0.25, 0.3) is 5.70 Å². The summed E-state index contributed by atoms with van der Waals surface area (Å²) >= 11 is 0. The molecule has 0 saturated carbocycles. The lowest BCUT2D eigenvalue weighted by molar-refractivity contribution is -0.688. The van der Waals surface area contributed by atoms with Gasteiger partial charge in [0.05, 0.1) is 26.4 Å². The van der Waals surface area contributed by atoms with Crippen molar-refractivity contribution in [2.75, 3.05) is 19.8 Å². The van der Waals surface area contributed by atoms with E-state index in [4.69, 9.17) is 14.2 Å². The molecule has 0 aliphatic rings. The van der Waals surface area contributed by atoms with Crippen molar-refractivity contribution in [1.82, 2.24) is 9.78 Å². The summed E-state index contributed by atoms with van der Waals surface area (Å²) in [6.45, 7) is 5.80. The van der Waals surface area contributed by atoms with Crippen molar-refractivity contribution in [1.29, 1.82) is 0 Å². The Labute approximate surface area is 174 Å². The number of hydrogen-bond acceptors (Lipinski definition) is 7. The van der Waals surface area contributed by atoms with Crippen LogP contribution in [-0.4, -0.2) is 46.6 Å². The zero-order valence-corrected chi connectivity index (χ0v) is 17.3. The van der Waals surface area contributed by atoms with Gasteiger partial charge < -0.3 is 19.3 Å². The maximum absolute atomic E-state index is 12.5. The van der Waals surface area contributed by atoms with Crippen LogP contribution in [-0.2, 0) is 30.3 Å². The maximum Gasteiger partial charge on any atom is 0.374 e. The number of aliphatic hydroxyl groups excluding tert-OH is 1. The van der Waals surface area contributed by atoms with E-state index in [0.717, 1.165) is 11.6 Å². The van der Waals surface area contributed by atoms with E-state index in [2.05, 4.69) is 5.10 Å². The van der Waals surface area contributed by atoms with E-state index in [9.17, 15) is 14.7 Å². The fraction of sp³-hybridized carbons (Fsp3) is 0.333. The number of benzene rings is 1. The van der Waals surface area contributed by atoms with Crippen molar-refractivity contribution in [3.8, 4) is 0 Å². The first-order valence-corrected chi connectivity index (χ1v) is 9.60. The third-order valence-corrected chi connectivity index (χ3v) is 3.81. The minimum atomic E-state index is -0.838. The van der Waals surface area contributed by atoms with Crippen molar-refractivity contribution < 1.29 is 33.5 Å². The van der Waals surface area contributed by atoms with E-state index < -0.39 is 17.9 Å². The Bertz CT molecular complexity index is 918. The van der Waals surface area contributed by atoms with Gasteiger partial charge >= 0.3 is 11.9 Å². The van der Waals surface area contributed by atoms with Crippen LogP contribution in [0.2, 0.25) is 0 Å². The SMILES string of the molecule is CCOC(=O)C(/C=C(\C(=O)OCC)n1c[n+](Cc2ccccc2)cn1)=C(/O)OCC. The Kier molecular flexibility index (Phi) is 8.61. The normalized spacial score (nSPS) is 12.2. The van der Waals surface area contributed by atoms with E-state index in [1.54, 1.807) is 31.7 Å². The number of carbonyl (C=O) groups is 2.